The lowest BCUT2D eigenvalue weighted by Gasteiger charge is -2.27. The summed E-state index contributed by atoms with van der Waals surface area (Å²) in [5, 5.41) is 9.42. The number of aliphatic carboxylic acids is 1. The predicted molar refractivity (Wildman–Crippen MR) is 93.4 cm³/mol. The molecule has 0 radical (unpaired) electrons. The Morgan fingerprint density at radius 2 is 2.00 bits per heavy atom. The number of carbonyl (C=O) groups excluding carboxylic acids is 1. The largest absolute Gasteiger partial charge is 0.480 e. The van der Waals surface area contributed by atoms with Crippen molar-refractivity contribution in [2.75, 3.05) is 5.75 Å². The van der Waals surface area contributed by atoms with Crippen LogP contribution in [0.2, 0.25) is 0 Å². The SMILES string of the molecule is CCCCCC1SCC(C(=O)O)N1C(=O)CCc1ccccc1. The zero-order valence-corrected chi connectivity index (χ0v) is 14.4. The van der Waals surface area contributed by atoms with Crippen molar-refractivity contribution >= 4 is 23.6 Å². The fraction of sp³-hybridized carbons (Fsp3) is 0.556. The number of rotatable bonds is 8. The molecule has 1 N–H and O–H groups in total. The molecule has 1 aliphatic rings. The highest BCUT2D eigenvalue weighted by atomic mass is 32.2. The van der Waals surface area contributed by atoms with E-state index in [0.29, 0.717) is 18.6 Å². The lowest BCUT2D eigenvalue weighted by Crippen LogP contribution is -2.45. The maximum absolute atomic E-state index is 12.6. The highest BCUT2D eigenvalue weighted by molar-refractivity contribution is 8.00. The normalized spacial score (nSPS) is 20.7. The number of nitrogens with zero attached hydrogens (tertiary/aromatic N) is 1. The second kappa shape index (κ2) is 8.96. The highest BCUT2D eigenvalue weighted by Gasteiger charge is 2.40. The van der Waals surface area contributed by atoms with Crippen LogP contribution in [0.25, 0.3) is 0 Å². The number of thioether (sulfide) groups is 1. The fourth-order valence-corrected chi connectivity index (χ4v) is 4.37. The van der Waals surface area contributed by atoms with Crippen molar-refractivity contribution in [2.45, 2.75) is 56.9 Å². The number of aryl methyl sites for hydroxylation is 1. The third-order valence-corrected chi connectivity index (χ3v) is 5.55. The van der Waals surface area contributed by atoms with Gasteiger partial charge in [-0.15, -0.1) is 11.8 Å². The van der Waals surface area contributed by atoms with Crippen LogP contribution >= 0.6 is 11.8 Å². The molecule has 0 aromatic heterocycles. The van der Waals surface area contributed by atoms with Gasteiger partial charge in [-0.05, 0) is 18.4 Å². The summed E-state index contributed by atoms with van der Waals surface area (Å²) >= 11 is 1.61. The summed E-state index contributed by atoms with van der Waals surface area (Å²) < 4.78 is 0. The minimum absolute atomic E-state index is 0.0194. The third kappa shape index (κ3) is 4.99. The van der Waals surface area contributed by atoms with Crippen LogP contribution in [0.3, 0.4) is 0 Å². The fourth-order valence-electron chi connectivity index (χ4n) is 2.90. The van der Waals surface area contributed by atoms with Crippen molar-refractivity contribution in [1.82, 2.24) is 4.90 Å². The molecule has 1 saturated heterocycles. The summed E-state index contributed by atoms with van der Waals surface area (Å²) in [7, 11) is 0. The summed E-state index contributed by atoms with van der Waals surface area (Å²) in [6, 6.07) is 9.19. The van der Waals surface area contributed by atoms with E-state index in [1.54, 1.807) is 16.7 Å². The maximum Gasteiger partial charge on any atom is 0.327 e. The van der Waals surface area contributed by atoms with Crippen molar-refractivity contribution in [1.29, 1.82) is 0 Å². The second-order valence-corrected chi connectivity index (χ2v) is 7.14. The Morgan fingerprint density at radius 1 is 1.26 bits per heavy atom. The number of carbonyl (C=O) groups is 2. The number of hydrogen-bond donors (Lipinski definition) is 1. The summed E-state index contributed by atoms with van der Waals surface area (Å²) in [6.07, 6.45) is 5.22. The first-order valence-corrected chi connectivity index (χ1v) is 9.38. The first-order chi connectivity index (χ1) is 11.1. The van der Waals surface area contributed by atoms with Crippen molar-refractivity contribution in [3.63, 3.8) is 0 Å². The van der Waals surface area contributed by atoms with Crippen molar-refractivity contribution in [2.24, 2.45) is 0 Å². The number of amides is 1. The first-order valence-electron chi connectivity index (χ1n) is 8.33. The minimum atomic E-state index is -0.886. The van der Waals surface area contributed by atoms with E-state index in [2.05, 4.69) is 6.92 Å². The van der Waals surface area contributed by atoms with E-state index in [1.807, 2.05) is 30.3 Å². The molecule has 0 spiro atoms. The molecular formula is C18H25NO3S. The van der Waals surface area contributed by atoms with Gasteiger partial charge < -0.3 is 10.0 Å². The molecule has 1 aliphatic heterocycles. The van der Waals surface area contributed by atoms with Crippen LogP contribution in [-0.2, 0) is 16.0 Å². The van der Waals surface area contributed by atoms with Crippen LogP contribution in [0.4, 0.5) is 0 Å². The molecule has 1 aromatic rings. The molecule has 1 aromatic carbocycles. The second-order valence-electron chi connectivity index (χ2n) is 5.92. The Balaban J connectivity index is 1.97. The number of hydrogen-bond acceptors (Lipinski definition) is 3. The number of carboxylic acid groups (broad SMARTS) is 1. The Kier molecular flexibility index (Phi) is 6.96. The zero-order valence-electron chi connectivity index (χ0n) is 13.6. The van der Waals surface area contributed by atoms with Gasteiger partial charge in [0.2, 0.25) is 5.91 Å². The monoisotopic (exact) mass is 335 g/mol. The minimum Gasteiger partial charge on any atom is -0.480 e. The van der Waals surface area contributed by atoms with Gasteiger partial charge in [0.05, 0.1) is 5.37 Å². The van der Waals surface area contributed by atoms with Crippen molar-refractivity contribution < 1.29 is 14.7 Å². The van der Waals surface area contributed by atoms with Crippen LogP contribution in [0, 0.1) is 0 Å². The molecule has 5 heteroatoms. The molecule has 126 valence electrons. The number of unbranched alkanes of at least 4 members (excludes halogenated alkanes) is 2. The summed E-state index contributed by atoms with van der Waals surface area (Å²) in [5.74, 6) is -0.417. The van der Waals surface area contributed by atoms with Gasteiger partial charge >= 0.3 is 5.97 Å². The number of carboxylic acids is 1. The molecular weight excluding hydrogens is 310 g/mol. The third-order valence-electron chi connectivity index (χ3n) is 4.19. The van der Waals surface area contributed by atoms with Gasteiger partial charge in [0.25, 0.3) is 0 Å². The molecule has 0 saturated carbocycles. The van der Waals surface area contributed by atoms with E-state index in [1.165, 1.54) is 0 Å². The van der Waals surface area contributed by atoms with Crippen molar-refractivity contribution in [3.05, 3.63) is 35.9 Å². The van der Waals surface area contributed by atoms with E-state index >= 15 is 0 Å². The highest BCUT2D eigenvalue weighted by Crippen LogP contribution is 2.33. The Morgan fingerprint density at radius 3 is 2.65 bits per heavy atom. The van der Waals surface area contributed by atoms with Crippen molar-refractivity contribution in [3.8, 4) is 0 Å². The molecule has 2 atom stereocenters. The van der Waals surface area contributed by atoms with Gasteiger partial charge in [-0.25, -0.2) is 4.79 Å². The molecule has 23 heavy (non-hydrogen) atoms. The molecule has 2 unspecified atom stereocenters. The summed E-state index contributed by atoms with van der Waals surface area (Å²) in [5.41, 5.74) is 1.11. The predicted octanol–water partition coefficient (Wildman–Crippen LogP) is 3.55. The molecule has 1 fully saturated rings. The molecule has 2 rings (SSSR count). The Labute approximate surface area is 142 Å². The van der Waals surface area contributed by atoms with E-state index in [-0.39, 0.29) is 11.3 Å². The van der Waals surface area contributed by atoms with Gasteiger partial charge in [-0.3, -0.25) is 4.79 Å². The average Bonchev–Trinajstić information content (AvgIpc) is 2.98. The van der Waals surface area contributed by atoms with E-state index in [4.69, 9.17) is 0 Å². The number of benzene rings is 1. The van der Waals surface area contributed by atoms with E-state index in [0.717, 1.165) is 31.2 Å². The quantitative estimate of drug-likeness (QED) is 0.738. The van der Waals surface area contributed by atoms with Gasteiger partial charge in [0.1, 0.15) is 6.04 Å². The summed E-state index contributed by atoms with van der Waals surface area (Å²) in [4.78, 5) is 25.7. The lowest BCUT2D eigenvalue weighted by molar-refractivity contribution is -0.149. The smallest absolute Gasteiger partial charge is 0.327 e. The standard InChI is InChI=1S/C18H25NO3S/c1-2-3-5-10-17-19(15(13-23-17)18(21)22)16(20)12-11-14-8-6-4-7-9-14/h4,6-9,15,17H,2-3,5,10-13H2,1H3,(H,21,22). The topological polar surface area (TPSA) is 57.6 Å². The van der Waals surface area contributed by atoms with Crippen LogP contribution in [0.1, 0.15) is 44.6 Å². The van der Waals surface area contributed by atoms with Crippen LogP contribution < -0.4 is 0 Å². The van der Waals surface area contributed by atoms with Gasteiger partial charge in [-0.1, -0.05) is 56.5 Å². The van der Waals surface area contributed by atoms with E-state index < -0.39 is 12.0 Å². The molecule has 4 nitrogen and oxygen atoms in total. The van der Waals surface area contributed by atoms with Crippen LogP contribution in [0.5, 0.6) is 0 Å². The van der Waals surface area contributed by atoms with E-state index in [9.17, 15) is 14.7 Å². The zero-order chi connectivity index (χ0) is 16.7. The maximum atomic E-state index is 12.6. The molecule has 0 aliphatic carbocycles. The molecule has 0 bridgehead atoms. The molecule has 1 heterocycles. The average molecular weight is 335 g/mol. The Bertz CT molecular complexity index is 520. The first kappa shape index (κ1) is 17.9. The van der Waals surface area contributed by atoms with Gasteiger partial charge in [0.15, 0.2) is 0 Å². The lowest BCUT2D eigenvalue weighted by atomic mass is 10.1. The molecule has 1 amide bonds. The van der Waals surface area contributed by atoms with Crippen LogP contribution in [-0.4, -0.2) is 39.1 Å². The van der Waals surface area contributed by atoms with Gasteiger partial charge in [0, 0.05) is 12.2 Å². The Hall–Kier alpha value is -1.49. The summed E-state index contributed by atoms with van der Waals surface area (Å²) in [6.45, 7) is 2.14. The van der Waals surface area contributed by atoms with Gasteiger partial charge in [-0.2, -0.15) is 0 Å². The van der Waals surface area contributed by atoms with Crippen LogP contribution in [0.15, 0.2) is 30.3 Å².